The number of morpholine rings is 1. The van der Waals surface area contributed by atoms with Crippen LogP contribution in [-0.4, -0.2) is 60.4 Å². The smallest absolute Gasteiger partial charge is 0.144 e. The van der Waals surface area contributed by atoms with Crippen LogP contribution >= 0.6 is 11.6 Å². The van der Waals surface area contributed by atoms with Gasteiger partial charge in [-0.3, -0.25) is 4.90 Å². The SMILES string of the molecule is CC(C)Oc1cc(OCCCN2CCOCC2)cc2ncnc(Cl)c12. The van der Waals surface area contributed by atoms with E-state index in [0.717, 1.165) is 55.9 Å². The van der Waals surface area contributed by atoms with Crippen LogP contribution in [0.4, 0.5) is 0 Å². The van der Waals surface area contributed by atoms with Crippen molar-refractivity contribution in [3.8, 4) is 11.5 Å². The van der Waals surface area contributed by atoms with E-state index in [1.54, 1.807) is 0 Å². The number of rotatable bonds is 7. The van der Waals surface area contributed by atoms with Crippen molar-refractivity contribution >= 4 is 22.5 Å². The van der Waals surface area contributed by atoms with E-state index >= 15 is 0 Å². The summed E-state index contributed by atoms with van der Waals surface area (Å²) < 4.78 is 17.2. The first-order chi connectivity index (χ1) is 12.1. The van der Waals surface area contributed by atoms with Crippen molar-refractivity contribution in [2.24, 2.45) is 0 Å². The Morgan fingerprint density at radius 2 is 2.04 bits per heavy atom. The molecule has 136 valence electrons. The number of ether oxygens (including phenoxy) is 3. The summed E-state index contributed by atoms with van der Waals surface area (Å²) in [6, 6.07) is 3.75. The second-order valence-electron chi connectivity index (χ2n) is 6.30. The zero-order chi connectivity index (χ0) is 17.6. The maximum Gasteiger partial charge on any atom is 0.144 e. The molecule has 0 radical (unpaired) electrons. The number of aromatic nitrogens is 2. The summed E-state index contributed by atoms with van der Waals surface area (Å²) in [6.45, 7) is 9.24. The quantitative estimate of drug-likeness (QED) is 0.555. The molecule has 0 aliphatic carbocycles. The van der Waals surface area contributed by atoms with Crippen molar-refractivity contribution in [2.75, 3.05) is 39.5 Å². The van der Waals surface area contributed by atoms with Gasteiger partial charge in [-0.15, -0.1) is 0 Å². The fraction of sp³-hybridized carbons (Fsp3) is 0.556. The molecule has 0 N–H and O–H groups in total. The van der Waals surface area contributed by atoms with Gasteiger partial charge in [-0.25, -0.2) is 9.97 Å². The summed E-state index contributed by atoms with van der Waals surface area (Å²) in [5.74, 6) is 1.39. The molecule has 0 atom stereocenters. The van der Waals surface area contributed by atoms with Crippen LogP contribution in [0.15, 0.2) is 18.5 Å². The molecular formula is C18H24ClN3O3. The Balaban J connectivity index is 1.66. The fourth-order valence-electron chi connectivity index (χ4n) is 2.82. The Hall–Kier alpha value is -1.63. The molecule has 1 aliphatic rings. The molecule has 1 aliphatic heterocycles. The Labute approximate surface area is 153 Å². The molecule has 1 aromatic heterocycles. The Kier molecular flexibility index (Phi) is 6.29. The van der Waals surface area contributed by atoms with E-state index in [1.165, 1.54) is 6.33 Å². The van der Waals surface area contributed by atoms with Crippen molar-refractivity contribution in [1.29, 1.82) is 0 Å². The lowest BCUT2D eigenvalue weighted by Crippen LogP contribution is -2.37. The predicted octanol–water partition coefficient (Wildman–Crippen LogP) is 3.17. The number of benzene rings is 1. The lowest BCUT2D eigenvalue weighted by molar-refractivity contribution is 0.0358. The monoisotopic (exact) mass is 365 g/mol. The molecule has 0 bridgehead atoms. The third-order valence-corrected chi connectivity index (χ3v) is 4.27. The molecule has 0 unspecified atom stereocenters. The molecule has 6 nitrogen and oxygen atoms in total. The standard InChI is InChI=1S/C18H24ClN3O3/c1-13(2)25-16-11-14(10-15-17(16)18(19)21-12-20-15)24-7-3-4-22-5-8-23-9-6-22/h10-13H,3-9H2,1-2H3. The van der Waals surface area contributed by atoms with Gasteiger partial charge < -0.3 is 14.2 Å². The maximum absolute atomic E-state index is 6.22. The van der Waals surface area contributed by atoms with Gasteiger partial charge >= 0.3 is 0 Å². The van der Waals surface area contributed by atoms with Crippen LogP contribution in [0.25, 0.3) is 10.9 Å². The molecule has 0 amide bonds. The predicted molar refractivity (Wildman–Crippen MR) is 97.7 cm³/mol. The summed E-state index contributed by atoms with van der Waals surface area (Å²) in [5, 5.41) is 1.11. The van der Waals surface area contributed by atoms with E-state index in [0.29, 0.717) is 17.5 Å². The van der Waals surface area contributed by atoms with Gasteiger partial charge in [-0.2, -0.15) is 0 Å². The van der Waals surface area contributed by atoms with Gasteiger partial charge in [-0.1, -0.05) is 11.6 Å². The first-order valence-corrected chi connectivity index (χ1v) is 9.05. The van der Waals surface area contributed by atoms with E-state index in [-0.39, 0.29) is 6.10 Å². The van der Waals surface area contributed by atoms with E-state index in [2.05, 4.69) is 14.9 Å². The molecule has 3 rings (SSSR count). The highest BCUT2D eigenvalue weighted by atomic mass is 35.5. The van der Waals surface area contributed by atoms with Crippen molar-refractivity contribution in [1.82, 2.24) is 14.9 Å². The highest BCUT2D eigenvalue weighted by Gasteiger charge is 2.13. The van der Waals surface area contributed by atoms with E-state index in [4.69, 9.17) is 25.8 Å². The topological polar surface area (TPSA) is 56.7 Å². The van der Waals surface area contributed by atoms with Crippen molar-refractivity contribution in [3.63, 3.8) is 0 Å². The van der Waals surface area contributed by atoms with Gasteiger partial charge in [0.15, 0.2) is 0 Å². The zero-order valence-corrected chi connectivity index (χ0v) is 15.5. The zero-order valence-electron chi connectivity index (χ0n) is 14.7. The normalized spacial score (nSPS) is 15.7. The van der Waals surface area contributed by atoms with Gasteiger partial charge in [0, 0.05) is 31.8 Å². The molecule has 25 heavy (non-hydrogen) atoms. The van der Waals surface area contributed by atoms with Crippen LogP contribution in [-0.2, 0) is 4.74 Å². The highest BCUT2D eigenvalue weighted by Crippen LogP contribution is 2.34. The van der Waals surface area contributed by atoms with Crippen LogP contribution in [0.5, 0.6) is 11.5 Å². The second kappa shape index (κ2) is 8.65. The van der Waals surface area contributed by atoms with E-state index in [1.807, 2.05) is 26.0 Å². The lowest BCUT2D eigenvalue weighted by Gasteiger charge is -2.26. The fourth-order valence-corrected chi connectivity index (χ4v) is 3.06. The lowest BCUT2D eigenvalue weighted by atomic mass is 10.2. The minimum absolute atomic E-state index is 0.0241. The number of nitrogens with zero attached hydrogens (tertiary/aromatic N) is 3. The summed E-state index contributed by atoms with van der Waals surface area (Å²) in [4.78, 5) is 10.7. The summed E-state index contributed by atoms with van der Waals surface area (Å²) in [5.41, 5.74) is 0.723. The number of fused-ring (bicyclic) bond motifs is 1. The van der Waals surface area contributed by atoms with Crippen molar-refractivity contribution < 1.29 is 14.2 Å². The van der Waals surface area contributed by atoms with Gasteiger partial charge in [0.25, 0.3) is 0 Å². The van der Waals surface area contributed by atoms with Crippen molar-refractivity contribution in [3.05, 3.63) is 23.6 Å². The molecule has 0 saturated carbocycles. The van der Waals surface area contributed by atoms with Crippen LogP contribution < -0.4 is 9.47 Å². The first kappa shape index (κ1) is 18.2. The summed E-state index contributed by atoms with van der Waals surface area (Å²) in [6.07, 6.45) is 2.44. The van der Waals surface area contributed by atoms with Gasteiger partial charge in [0.1, 0.15) is 23.0 Å². The average molecular weight is 366 g/mol. The minimum Gasteiger partial charge on any atom is -0.493 e. The molecule has 1 saturated heterocycles. The third-order valence-electron chi connectivity index (χ3n) is 3.98. The number of halogens is 1. The Morgan fingerprint density at radius 3 is 2.80 bits per heavy atom. The summed E-state index contributed by atoms with van der Waals surface area (Å²) in [7, 11) is 0. The molecule has 7 heteroatoms. The largest absolute Gasteiger partial charge is 0.493 e. The first-order valence-electron chi connectivity index (χ1n) is 8.67. The van der Waals surface area contributed by atoms with Crippen LogP contribution in [0.3, 0.4) is 0 Å². The average Bonchev–Trinajstić information content (AvgIpc) is 2.59. The van der Waals surface area contributed by atoms with E-state index in [9.17, 15) is 0 Å². The van der Waals surface area contributed by atoms with Gasteiger partial charge in [0.2, 0.25) is 0 Å². The molecule has 2 aromatic rings. The van der Waals surface area contributed by atoms with Crippen molar-refractivity contribution in [2.45, 2.75) is 26.4 Å². The summed E-state index contributed by atoms with van der Waals surface area (Å²) >= 11 is 6.22. The Morgan fingerprint density at radius 1 is 1.24 bits per heavy atom. The number of hydrogen-bond acceptors (Lipinski definition) is 6. The van der Waals surface area contributed by atoms with Crippen LogP contribution in [0.2, 0.25) is 5.15 Å². The highest BCUT2D eigenvalue weighted by molar-refractivity contribution is 6.34. The maximum atomic E-state index is 6.22. The molecule has 1 aromatic carbocycles. The second-order valence-corrected chi connectivity index (χ2v) is 6.66. The van der Waals surface area contributed by atoms with Gasteiger partial charge in [-0.05, 0) is 20.3 Å². The van der Waals surface area contributed by atoms with Crippen LogP contribution in [0, 0.1) is 0 Å². The third kappa shape index (κ3) is 4.93. The minimum atomic E-state index is 0.0241. The molecule has 2 heterocycles. The molecular weight excluding hydrogens is 342 g/mol. The Bertz CT molecular complexity index is 705. The van der Waals surface area contributed by atoms with Gasteiger partial charge in [0.05, 0.1) is 36.8 Å². The van der Waals surface area contributed by atoms with Crippen LogP contribution in [0.1, 0.15) is 20.3 Å². The van der Waals surface area contributed by atoms with E-state index < -0.39 is 0 Å². The number of hydrogen-bond donors (Lipinski definition) is 0. The molecule has 1 fully saturated rings. The molecule has 0 spiro atoms.